The van der Waals surface area contributed by atoms with E-state index >= 15 is 0 Å². The molecule has 0 radical (unpaired) electrons. The van der Waals surface area contributed by atoms with Crippen LogP contribution in [0, 0.1) is 0 Å². The zero-order valence-corrected chi connectivity index (χ0v) is 12.0. The Morgan fingerprint density at radius 3 is 2.26 bits per heavy atom. The standard InChI is InChI=1S/C14H9Cl3O2/c15-10-2-4-11(5-3-10)19-8-14(18)9-1-6-12(16)13(17)7-9/h1-7H,8H2. The number of ketones is 1. The van der Waals surface area contributed by atoms with E-state index < -0.39 is 0 Å². The zero-order valence-electron chi connectivity index (χ0n) is 9.70. The summed E-state index contributed by atoms with van der Waals surface area (Å²) in [4.78, 5) is 11.9. The van der Waals surface area contributed by atoms with Crippen molar-refractivity contribution in [3.05, 3.63) is 63.1 Å². The molecule has 0 aliphatic carbocycles. The molecular weight excluding hydrogens is 307 g/mol. The number of hydrogen-bond acceptors (Lipinski definition) is 2. The Bertz CT molecular complexity index is 594. The van der Waals surface area contributed by atoms with Crippen LogP contribution >= 0.6 is 34.8 Å². The van der Waals surface area contributed by atoms with Crippen LogP contribution in [0.3, 0.4) is 0 Å². The molecule has 2 rings (SSSR count). The van der Waals surface area contributed by atoms with Gasteiger partial charge in [-0.05, 0) is 42.5 Å². The molecule has 0 saturated heterocycles. The van der Waals surface area contributed by atoms with Crippen molar-refractivity contribution >= 4 is 40.6 Å². The second-order valence-corrected chi connectivity index (χ2v) is 5.05. The predicted molar refractivity (Wildman–Crippen MR) is 77.7 cm³/mol. The van der Waals surface area contributed by atoms with Gasteiger partial charge in [-0.2, -0.15) is 0 Å². The van der Waals surface area contributed by atoms with Crippen LogP contribution < -0.4 is 4.74 Å². The van der Waals surface area contributed by atoms with E-state index in [2.05, 4.69) is 0 Å². The summed E-state index contributed by atoms with van der Waals surface area (Å²) in [7, 11) is 0. The summed E-state index contributed by atoms with van der Waals surface area (Å²) in [5.74, 6) is 0.409. The number of carbonyl (C=O) groups is 1. The van der Waals surface area contributed by atoms with Gasteiger partial charge in [-0.15, -0.1) is 0 Å². The number of benzene rings is 2. The SMILES string of the molecule is O=C(COc1ccc(Cl)cc1)c1ccc(Cl)c(Cl)c1. The van der Waals surface area contributed by atoms with Crippen LogP contribution in [0.4, 0.5) is 0 Å². The van der Waals surface area contributed by atoms with E-state index in [1.807, 2.05) is 0 Å². The number of carbonyl (C=O) groups excluding carboxylic acids is 1. The van der Waals surface area contributed by atoms with Gasteiger partial charge < -0.3 is 4.74 Å². The Hall–Kier alpha value is -1.22. The minimum Gasteiger partial charge on any atom is -0.485 e. The van der Waals surface area contributed by atoms with Gasteiger partial charge in [-0.1, -0.05) is 34.8 Å². The number of ether oxygens (including phenoxy) is 1. The molecule has 0 spiro atoms. The van der Waals surface area contributed by atoms with Crippen molar-refractivity contribution in [2.45, 2.75) is 0 Å². The van der Waals surface area contributed by atoms with Crippen LogP contribution in [0.5, 0.6) is 5.75 Å². The summed E-state index contributed by atoms with van der Waals surface area (Å²) in [6, 6.07) is 11.5. The highest BCUT2D eigenvalue weighted by molar-refractivity contribution is 6.42. The van der Waals surface area contributed by atoms with Gasteiger partial charge in [-0.25, -0.2) is 0 Å². The lowest BCUT2D eigenvalue weighted by molar-refractivity contribution is 0.0921. The molecule has 98 valence electrons. The first-order valence-corrected chi connectivity index (χ1v) is 6.56. The molecule has 2 nitrogen and oxygen atoms in total. The van der Waals surface area contributed by atoms with Gasteiger partial charge in [0, 0.05) is 10.6 Å². The summed E-state index contributed by atoms with van der Waals surface area (Å²) >= 11 is 17.4. The predicted octanol–water partition coefficient (Wildman–Crippen LogP) is 4.91. The first-order valence-electron chi connectivity index (χ1n) is 5.43. The Balaban J connectivity index is 2.01. The van der Waals surface area contributed by atoms with Crippen molar-refractivity contribution < 1.29 is 9.53 Å². The molecule has 0 unspecified atom stereocenters. The molecule has 5 heteroatoms. The number of Topliss-reactive ketones (excluding diaryl/α,β-unsaturated/α-hetero) is 1. The molecule has 0 atom stereocenters. The molecule has 2 aromatic carbocycles. The van der Waals surface area contributed by atoms with Crippen molar-refractivity contribution in [2.75, 3.05) is 6.61 Å². The molecule has 0 aromatic heterocycles. The average molecular weight is 316 g/mol. The highest BCUT2D eigenvalue weighted by atomic mass is 35.5. The van der Waals surface area contributed by atoms with Crippen molar-refractivity contribution in [2.24, 2.45) is 0 Å². The fourth-order valence-corrected chi connectivity index (χ4v) is 1.86. The molecule has 0 saturated carbocycles. The van der Waals surface area contributed by atoms with Gasteiger partial charge in [0.15, 0.2) is 12.4 Å². The monoisotopic (exact) mass is 314 g/mol. The summed E-state index contributed by atoms with van der Waals surface area (Å²) in [6.45, 7) is -0.0698. The minimum absolute atomic E-state index is 0.0698. The van der Waals surface area contributed by atoms with Crippen LogP contribution in [0.1, 0.15) is 10.4 Å². The number of rotatable bonds is 4. The van der Waals surface area contributed by atoms with Crippen molar-refractivity contribution in [1.82, 2.24) is 0 Å². The van der Waals surface area contributed by atoms with Gasteiger partial charge in [0.1, 0.15) is 5.75 Å². The summed E-state index contributed by atoms with van der Waals surface area (Å²) in [5, 5.41) is 1.37. The Labute approximate surface area is 125 Å². The van der Waals surface area contributed by atoms with Crippen molar-refractivity contribution in [3.8, 4) is 5.75 Å². The van der Waals surface area contributed by atoms with E-state index in [1.165, 1.54) is 6.07 Å². The Morgan fingerprint density at radius 1 is 0.947 bits per heavy atom. The first-order chi connectivity index (χ1) is 9.06. The van der Waals surface area contributed by atoms with Crippen molar-refractivity contribution in [1.29, 1.82) is 0 Å². The zero-order chi connectivity index (χ0) is 13.8. The Morgan fingerprint density at radius 2 is 1.63 bits per heavy atom. The third-order valence-corrected chi connectivity index (χ3v) is 3.42. The van der Waals surface area contributed by atoms with Gasteiger partial charge in [0.25, 0.3) is 0 Å². The third kappa shape index (κ3) is 3.87. The summed E-state index contributed by atoms with van der Waals surface area (Å²) in [6.07, 6.45) is 0. The molecule has 0 amide bonds. The molecule has 0 aliphatic heterocycles. The molecule has 0 fully saturated rings. The van der Waals surface area contributed by atoms with Crippen LogP contribution in [0.2, 0.25) is 15.1 Å². The molecular formula is C14H9Cl3O2. The van der Waals surface area contributed by atoms with Crippen LogP contribution in [0.25, 0.3) is 0 Å². The molecule has 19 heavy (non-hydrogen) atoms. The summed E-state index contributed by atoms with van der Waals surface area (Å²) in [5.41, 5.74) is 0.461. The van der Waals surface area contributed by atoms with Crippen LogP contribution in [-0.2, 0) is 0 Å². The number of hydrogen-bond donors (Lipinski definition) is 0. The fraction of sp³-hybridized carbons (Fsp3) is 0.0714. The molecule has 0 N–H and O–H groups in total. The summed E-state index contributed by atoms with van der Waals surface area (Å²) < 4.78 is 5.36. The maximum atomic E-state index is 11.9. The van der Waals surface area contributed by atoms with Crippen LogP contribution in [-0.4, -0.2) is 12.4 Å². The molecule has 0 bridgehead atoms. The highest BCUT2D eigenvalue weighted by Gasteiger charge is 2.09. The smallest absolute Gasteiger partial charge is 0.200 e. The van der Waals surface area contributed by atoms with Gasteiger partial charge in [-0.3, -0.25) is 4.79 Å². The topological polar surface area (TPSA) is 26.3 Å². The van der Waals surface area contributed by atoms with Gasteiger partial charge in [0.05, 0.1) is 10.0 Å². The fourth-order valence-electron chi connectivity index (χ4n) is 1.43. The van der Waals surface area contributed by atoms with E-state index in [9.17, 15) is 4.79 Å². The number of halogens is 3. The largest absolute Gasteiger partial charge is 0.485 e. The van der Waals surface area contributed by atoms with Crippen molar-refractivity contribution in [3.63, 3.8) is 0 Å². The third-order valence-electron chi connectivity index (χ3n) is 2.43. The van der Waals surface area contributed by atoms with Crippen LogP contribution in [0.15, 0.2) is 42.5 Å². The highest BCUT2D eigenvalue weighted by Crippen LogP contribution is 2.23. The normalized spacial score (nSPS) is 10.3. The van der Waals surface area contributed by atoms with E-state index in [1.54, 1.807) is 36.4 Å². The van der Waals surface area contributed by atoms with Gasteiger partial charge in [0.2, 0.25) is 0 Å². The minimum atomic E-state index is -0.173. The second kappa shape index (κ2) is 6.29. The molecule has 0 aliphatic rings. The molecule has 0 heterocycles. The lowest BCUT2D eigenvalue weighted by atomic mass is 10.1. The van der Waals surface area contributed by atoms with Gasteiger partial charge >= 0.3 is 0 Å². The molecule has 2 aromatic rings. The Kier molecular flexibility index (Phi) is 4.70. The lowest BCUT2D eigenvalue weighted by Crippen LogP contribution is -2.11. The lowest BCUT2D eigenvalue weighted by Gasteiger charge is -2.06. The maximum Gasteiger partial charge on any atom is 0.200 e. The second-order valence-electron chi connectivity index (χ2n) is 3.79. The maximum absolute atomic E-state index is 11.9. The first kappa shape index (κ1) is 14.2. The van der Waals surface area contributed by atoms with E-state index in [0.717, 1.165) is 0 Å². The quantitative estimate of drug-likeness (QED) is 0.749. The average Bonchev–Trinajstić information content (AvgIpc) is 2.41. The van der Waals surface area contributed by atoms with E-state index in [4.69, 9.17) is 39.5 Å². The van der Waals surface area contributed by atoms with E-state index in [0.29, 0.717) is 26.4 Å². The van der Waals surface area contributed by atoms with E-state index in [-0.39, 0.29) is 12.4 Å².